The quantitative estimate of drug-likeness (QED) is 0.886. The van der Waals surface area contributed by atoms with Gasteiger partial charge >= 0.3 is 0 Å². The van der Waals surface area contributed by atoms with Gasteiger partial charge in [0.05, 0.1) is 12.2 Å². The second kappa shape index (κ2) is 4.67. The standard InChI is InChI=1S/C13H15FN2O/c1-8-4-5-10(14)6-11(8)12-7-16-13(17-12)9(2)15-3/h4-7,9,15H,1-3H3. The molecule has 0 radical (unpaired) electrons. The molecule has 3 nitrogen and oxygen atoms in total. The smallest absolute Gasteiger partial charge is 0.211 e. The Morgan fingerprint density at radius 2 is 2.18 bits per heavy atom. The number of nitrogens with zero attached hydrogens (tertiary/aromatic N) is 1. The minimum absolute atomic E-state index is 0.0395. The summed E-state index contributed by atoms with van der Waals surface area (Å²) in [6, 6.07) is 4.67. The molecule has 0 spiro atoms. The van der Waals surface area contributed by atoms with Gasteiger partial charge in [-0.05, 0) is 38.6 Å². The first-order valence-electron chi connectivity index (χ1n) is 5.51. The van der Waals surface area contributed by atoms with Crippen molar-refractivity contribution >= 4 is 0 Å². The number of halogens is 1. The van der Waals surface area contributed by atoms with Gasteiger partial charge in [-0.25, -0.2) is 9.37 Å². The van der Waals surface area contributed by atoms with E-state index in [1.54, 1.807) is 12.3 Å². The lowest BCUT2D eigenvalue weighted by Crippen LogP contribution is -2.12. The van der Waals surface area contributed by atoms with Gasteiger partial charge in [-0.3, -0.25) is 0 Å². The zero-order chi connectivity index (χ0) is 12.4. The molecule has 0 aliphatic carbocycles. The van der Waals surface area contributed by atoms with Crippen LogP contribution in [0.4, 0.5) is 4.39 Å². The van der Waals surface area contributed by atoms with Gasteiger partial charge in [0.15, 0.2) is 5.76 Å². The van der Waals surface area contributed by atoms with E-state index in [1.807, 2.05) is 20.9 Å². The summed E-state index contributed by atoms with van der Waals surface area (Å²) in [5, 5.41) is 3.04. The third-order valence-corrected chi connectivity index (χ3v) is 2.79. The summed E-state index contributed by atoms with van der Waals surface area (Å²) in [6.07, 6.45) is 1.63. The van der Waals surface area contributed by atoms with E-state index >= 15 is 0 Å². The fourth-order valence-electron chi connectivity index (χ4n) is 1.60. The second-order valence-electron chi connectivity index (χ2n) is 4.03. The topological polar surface area (TPSA) is 38.1 Å². The molecule has 1 unspecified atom stereocenters. The van der Waals surface area contributed by atoms with Gasteiger partial charge in [0.25, 0.3) is 0 Å². The van der Waals surface area contributed by atoms with Crippen LogP contribution in [0.3, 0.4) is 0 Å². The number of hydrogen-bond donors (Lipinski definition) is 1. The highest BCUT2D eigenvalue weighted by Gasteiger charge is 2.13. The first-order chi connectivity index (χ1) is 8.11. The summed E-state index contributed by atoms with van der Waals surface area (Å²) in [6.45, 7) is 3.87. The molecule has 0 amide bonds. The Bertz CT molecular complexity index is 522. The number of rotatable bonds is 3. The molecule has 1 atom stereocenters. The molecule has 1 heterocycles. The lowest BCUT2D eigenvalue weighted by Gasteiger charge is -2.05. The van der Waals surface area contributed by atoms with Gasteiger partial charge in [0.2, 0.25) is 5.89 Å². The average molecular weight is 234 g/mol. The maximum Gasteiger partial charge on any atom is 0.211 e. The zero-order valence-corrected chi connectivity index (χ0v) is 10.1. The number of aromatic nitrogens is 1. The van der Waals surface area contributed by atoms with Crippen molar-refractivity contribution < 1.29 is 8.81 Å². The van der Waals surface area contributed by atoms with Crippen molar-refractivity contribution in [2.75, 3.05) is 7.05 Å². The lowest BCUT2D eigenvalue weighted by atomic mass is 10.1. The van der Waals surface area contributed by atoms with Crippen molar-refractivity contribution in [2.24, 2.45) is 0 Å². The van der Waals surface area contributed by atoms with Crippen LogP contribution in [0.5, 0.6) is 0 Å². The first-order valence-corrected chi connectivity index (χ1v) is 5.51. The van der Waals surface area contributed by atoms with Crippen LogP contribution in [0.15, 0.2) is 28.8 Å². The largest absolute Gasteiger partial charge is 0.439 e. The van der Waals surface area contributed by atoms with Gasteiger partial charge < -0.3 is 9.73 Å². The Hall–Kier alpha value is -1.68. The molecule has 0 aliphatic heterocycles. The van der Waals surface area contributed by atoms with Crippen LogP contribution < -0.4 is 5.32 Å². The van der Waals surface area contributed by atoms with E-state index in [9.17, 15) is 4.39 Å². The molecule has 2 rings (SSSR count). The van der Waals surface area contributed by atoms with Crippen molar-refractivity contribution in [3.8, 4) is 11.3 Å². The monoisotopic (exact) mass is 234 g/mol. The summed E-state index contributed by atoms with van der Waals surface area (Å²) >= 11 is 0. The molecule has 0 saturated heterocycles. The molecule has 1 aromatic carbocycles. The Labute approximate surface area is 99.7 Å². The molecule has 90 valence electrons. The highest BCUT2D eigenvalue weighted by molar-refractivity contribution is 5.61. The molecule has 17 heavy (non-hydrogen) atoms. The molecular formula is C13H15FN2O. The summed E-state index contributed by atoms with van der Waals surface area (Å²) in [7, 11) is 1.84. The first kappa shape index (κ1) is 11.8. The lowest BCUT2D eigenvalue weighted by molar-refractivity contribution is 0.441. The van der Waals surface area contributed by atoms with Crippen LogP contribution in [-0.4, -0.2) is 12.0 Å². The van der Waals surface area contributed by atoms with E-state index < -0.39 is 0 Å². The van der Waals surface area contributed by atoms with Crippen LogP contribution >= 0.6 is 0 Å². The van der Waals surface area contributed by atoms with Crippen LogP contribution in [-0.2, 0) is 0 Å². The average Bonchev–Trinajstić information content (AvgIpc) is 2.80. The van der Waals surface area contributed by atoms with E-state index in [0.717, 1.165) is 11.1 Å². The van der Waals surface area contributed by atoms with E-state index in [-0.39, 0.29) is 11.9 Å². The van der Waals surface area contributed by atoms with E-state index in [4.69, 9.17) is 4.42 Å². The molecule has 0 bridgehead atoms. The Balaban J connectivity index is 2.40. The molecule has 1 aromatic heterocycles. The normalized spacial score (nSPS) is 12.7. The zero-order valence-electron chi connectivity index (χ0n) is 10.1. The maximum atomic E-state index is 13.2. The fourth-order valence-corrected chi connectivity index (χ4v) is 1.60. The molecule has 0 fully saturated rings. The number of oxazole rings is 1. The molecule has 1 N–H and O–H groups in total. The predicted molar refractivity (Wildman–Crippen MR) is 64.1 cm³/mol. The van der Waals surface area contributed by atoms with E-state index in [1.165, 1.54) is 12.1 Å². The highest BCUT2D eigenvalue weighted by Crippen LogP contribution is 2.26. The van der Waals surface area contributed by atoms with Gasteiger partial charge in [-0.15, -0.1) is 0 Å². The van der Waals surface area contributed by atoms with Crippen LogP contribution in [0, 0.1) is 12.7 Å². The van der Waals surface area contributed by atoms with E-state index in [0.29, 0.717) is 11.7 Å². The van der Waals surface area contributed by atoms with Crippen molar-refractivity contribution in [1.82, 2.24) is 10.3 Å². The van der Waals surface area contributed by atoms with Gasteiger partial charge in [-0.1, -0.05) is 6.07 Å². The van der Waals surface area contributed by atoms with Gasteiger partial charge in [0, 0.05) is 5.56 Å². The summed E-state index contributed by atoms with van der Waals surface area (Å²) in [4.78, 5) is 4.18. The van der Waals surface area contributed by atoms with Crippen molar-refractivity contribution in [1.29, 1.82) is 0 Å². The van der Waals surface area contributed by atoms with Gasteiger partial charge in [-0.2, -0.15) is 0 Å². The predicted octanol–water partition coefficient (Wildman–Crippen LogP) is 3.07. The number of benzene rings is 1. The molecule has 2 aromatic rings. The summed E-state index contributed by atoms with van der Waals surface area (Å²) < 4.78 is 18.8. The van der Waals surface area contributed by atoms with E-state index in [2.05, 4.69) is 10.3 Å². The van der Waals surface area contributed by atoms with Gasteiger partial charge in [0.1, 0.15) is 5.82 Å². The summed E-state index contributed by atoms with van der Waals surface area (Å²) in [5.41, 5.74) is 1.71. The van der Waals surface area contributed by atoms with Crippen LogP contribution in [0.1, 0.15) is 24.4 Å². The van der Waals surface area contributed by atoms with Crippen LogP contribution in [0.25, 0.3) is 11.3 Å². The molecule has 0 aliphatic rings. The van der Waals surface area contributed by atoms with Crippen molar-refractivity contribution in [3.05, 3.63) is 41.7 Å². The minimum Gasteiger partial charge on any atom is -0.439 e. The highest BCUT2D eigenvalue weighted by atomic mass is 19.1. The number of nitrogens with one attached hydrogen (secondary N) is 1. The maximum absolute atomic E-state index is 13.2. The Kier molecular flexibility index (Phi) is 3.24. The SMILES string of the molecule is CNC(C)c1ncc(-c2cc(F)ccc2C)o1. The number of aryl methyl sites for hydroxylation is 1. The Morgan fingerprint density at radius 1 is 1.41 bits per heavy atom. The third-order valence-electron chi connectivity index (χ3n) is 2.79. The second-order valence-corrected chi connectivity index (χ2v) is 4.03. The minimum atomic E-state index is -0.273. The third kappa shape index (κ3) is 2.36. The molecule has 0 saturated carbocycles. The summed E-state index contributed by atoms with van der Waals surface area (Å²) in [5.74, 6) is 0.926. The molecule has 4 heteroatoms. The number of hydrogen-bond acceptors (Lipinski definition) is 3. The molecular weight excluding hydrogens is 219 g/mol. The Morgan fingerprint density at radius 3 is 2.88 bits per heavy atom. The van der Waals surface area contributed by atoms with Crippen molar-refractivity contribution in [3.63, 3.8) is 0 Å². The van der Waals surface area contributed by atoms with Crippen molar-refractivity contribution in [2.45, 2.75) is 19.9 Å². The fraction of sp³-hybridized carbons (Fsp3) is 0.308. The van der Waals surface area contributed by atoms with Crippen LogP contribution in [0.2, 0.25) is 0 Å².